The van der Waals surface area contributed by atoms with Crippen molar-refractivity contribution in [1.82, 2.24) is 15.5 Å². The van der Waals surface area contributed by atoms with Crippen LogP contribution in [-0.4, -0.2) is 57.0 Å². The first kappa shape index (κ1) is 20.5. The highest BCUT2D eigenvalue weighted by atomic mass is 16.2. The van der Waals surface area contributed by atoms with Crippen molar-refractivity contribution in [2.45, 2.75) is 51.1 Å². The molecule has 2 fully saturated rings. The maximum Gasteiger partial charge on any atom is 0.225 e. The lowest BCUT2D eigenvalue weighted by atomic mass is 9.88. The van der Waals surface area contributed by atoms with Crippen LogP contribution in [0.4, 0.5) is 5.69 Å². The number of anilines is 1. The smallest absolute Gasteiger partial charge is 0.225 e. The molecule has 2 aliphatic rings. The lowest BCUT2D eigenvalue weighted by Gasteiger charge is -2.26. The topological polar surface area (TPSA) is 60.0 Å². The summed E-state index contributed by atoms with van der Waals surface area (Å²) < 4.78 is 0. The Morgan fingerprint density at radius 3 is 2.71 bits per heavy atom. The molecule has 1 aliphatic carbocycles. The van der Waals surface area contributed by atoms with Gasteiger partial charge in [0.05, 0.1) is 0 Å². The SMILES string of the molecule is CN=C(NCc1cccc(N(C)C)c1)NC1CCN(C(=O)C2CCCCC2)C1. The summed E-state index contributed by atoms with van der Waals surface area (Å²) in [6, 6.07) is 8.75. The van der Waals surface area contributed by atoms with Crippen LogP contribution in [-0.2, 0) is 11.3 Å². The van der Waals surface area contributed by atoms with Gasteiger partial charge in [-0.15, -0.1) is 0 Å². The van der Waals surface area contributed by atoms with Crippen molar-refractivity contribution in [2.24, 2.45) is 10.9 Å². The van der Waals surface area contributed by atoms with Gasteiger partial charge in [0, 0.05) is 58.4 Å². The number of carbonyl (C=O) groups excluding carboxylic acids is 1. The summed E-state index contributed by atoms with van der Waals surface area (Å²) in [4.78, 5) is 21.3. The summed E-state index contributed by atoms with van der Waals surface area (Å²) in [7, 11) is 5.90. The van der Waals surface area contributed by atoms with Crippen molar-refractivity contribution >= 4 is 17.6 Å². The second-order valence-electron chi connectivity index (χ2n) is 8.24. The summed E-state index contributed by atoms with van der Waals surface area (Å²) in [6.45, 7) is 2.36. The highest BCUT2D eigenvalue weighted by Gasteiger charge is 2.31. The summed E-state index contributed by atoms with van der Waals surface area (Å²) in [5.74, 6) is 1.42. The lowest BCUT2D eigenvalue weighted by molar-refractivity contribution is -0.135. The molecule has 6 heteroatoms. The molecule has 154 valence electrons. The molecule has 0 bridgehead atoms. The van der Waals surface area contributed by atoms with E-state index in [0.29, 0.717) is 5.91 Å². The monoisotopic (exact) mass is 385 g/mol. The highest BCUT2D eigenvalue weighted by molar-refractivity contribution is 5.81. The van der Waals surface area contributed by atoms with E-state index in [0.717, 1.165) is 44.9 Å². The molecule has 3 rings (SSSR count). The molecule has 1 unspecified atom stereocenters. The van der Waals surface area contributed by atoms with E-state index in [1.165, 1.54) is 30.5 Å². The van der Waals surface area contributed by atoms with Gasteiger partial charge in [-0.05, 0) is 37.0 Å². The molecule has 2 N–H and O–H groups in total. The molecule has 0 aromatic heterocycles. The predicted molar refractivity (Wildman–Crippen MR) is 116 cm³/mol. The first-order valence-electron chi connectivity index (χ1n) is 10.6. The number of hydrogen-bond donors (Lipinski definition) is 2. The number of guanidine groups is 1. The third kappa shape index (κ3) is 5.40. The van der Waals surface area contributed by atoms with E-state index in [4.69, 9.17) is 0 Å². The zero-order valence-electron chi connectivity index (χ0n) is 17.6. The number of hydrogen-bond acceptors (Lipinski definition) is 3. The van der Waals surface area contributed by atoms with Gasteiger partial charge in [-0.1, -0.05) is 31.4 Å². The molecule has 1 aromatic rings. The Morgan fingerprint density at radius 2 is 2.00 bits per heavy atom. The van der Waals surface area contributed by atoms with Crippen LogP contribution >= 0.6 is 0 Å². The number of nitrogens with zero attached hydrogens (tertiary/aromatic N) is 3. The van der Waals surface area contributed by atoms with Crippen molar-refractivity contribution in [2.75, 3.05) is 39.1 Å². The van der Waals surface area contributed by atoms with Gasteiger partial charge in [0.1, 0.15) is 0 Å². The first-order valence-corrected chi connectivity index (χ1v) is 10.6. The van der Waals surface area contributed by atoms with E-state index in [9.17, 15) is 4.79 Å². The van der Waals surface area contributed by atoms with Gasteiger partial charge < -0.3 is 20.4 Å². The Balaban J connectivity index is 1.47. The number of aliphatic imine (C=N–C) groups is 1. The third-order valence-corrected chi connectivity index (χ3v) is 5.91. The molecule has 28 heavy (non-hydrogen) atoms. The molecular formula is C22H35N5O. The van der Waals surface area contributed by atoms with Gasteiger partial charge in [-0.25, -0.2) is 0 Å². The van der Waals surface area contributed by atoms with Crippen LogP contribution in [0, 0.1) is 5.92 Å². The number of nitrogens with one attached hydrogen (secondary N) is 2. The van der Waals surface area contributed by atoms with Crippen LogP contribution in [0.2, 0.25) is 0 Å². The summed E-state index contributed by atoms with van der Waals surface area (Å²) in [6.07, 6.45) is 6.82. The van der Waals surface area contributed by atoms with E-state index in [1.54, 1.807) is 7.05 Å². The van der Waals surface area contributed by atoms with Gasteiger partial charge in [-0.2, -0.15) is 0 Å². The number of likely N-dealkylation sites (tertiary alicyclic amines) is 1. The lowest BCUT2D eigenvalue weighted by Crippen LogP contribution is -2.45. The van der Waals surface area contributed by atoms with Crippen LogP contribution in [0.25, 0.3) is 0 Å². The third-order valence-electron chi connectivity index (χ3n) is 5.91. The standard InChI is InChI=1S/C22H35N5O/c1-23-22(24-15-17-8-7-11-20(14-17)26(2)3)25-19-12-13-27(16-19)21(28)18-9-5-4-6-10-18/h7-8,11,14,18-19H,4-6,9-10,12-13,15-16H2,1-3H3,(H2,23,24,25). The maximum absolute atomic E-state index is 12.7. The molecule has 1 aromatic carbocycles. The Kier molecular flexibility index (Phi) is 7.18. The summed E-state index contributed by atoms with van der Waals surface area (Å²) in [5.41, 5.74) is 2.41. The van der Waals surface area contributed by atoms with Crippen molar-refractivity contribution < 1.29 is 4.79 Å². The Bertz CT molecular complexity index is 681. The van der Waals surface area contributed by atoms with Gasteiger partial charge >= 0.3 is 0 Å². The van der Waals surface area contributed by atoms with Crippen LogP contribution in [0.15, 0.2) is 29.3 Å². The van der Waals surface area contributed by atoms with E-state index < -0.39 is 0 Å². The maximum atomic E-state index is 12.7. The van der Waals surface area contributed by atoms with Crippen molar-refractivity contribution in [1.29, 1.82) is 0 Å². The fourth-order valence-electron chi connectivity index (χ4n) is 4.20. The van der Waals surface area contributed by atoms with Crippen LogP contribution in [0.5, 0.6) is 0 Å². The molecule has 1 heterocycles. The van der Waals surface area contributed by atoms with Crippen molar-refractivity contribution in [3.8, 4) is 0 Å². The normalized spacial score (nSPS) is 20.9. The molecule has 0 radical (unpaired) electrons. The molecule has 0 spiro atoms. The second-order valence-corrected chi connectivity index (χ2v) is 8.24. The molecular weight excluding hydrogens is 350 g/mol. The number of amides is 1. The first-order chi connectivity index (χ1) is 13.6. The average molecular weight is 386 g/mol. The van der Waals surface area contributed by atoms with Crippen molar-refractivity contribution in [3.63, 3.8) is 0 Å². The minimum atomic E-state index is 0.258. The molecule has 6 nitrogen and oxygen atoms in total. The largest absolute Gasteiger partial charge is 0.378 e. The average Bonchev–Trinajstić information content (AvgIpc) is 3.20. The zero-order valence-corrected chi connectivity index (χ0v) is 17.6. The minimum absolute atomic E-state index is 0.258. The minimum Gasteiger partial charge on any atom is -0.378 e. The fraction of sp³-hybridized carbons (Fsp3) is 0.636. The fourth-order valence-corrected chi connectivity index (χ4v) is 4.20. The summed E-state index contributed by atoms with van der Waals surface area (Å²) in [5, 5.41) is 6.90. The van der Waals surface area contributed by atoms with Crippen LogP contribution < -0.4 is 15.5 Å². The zero-order chi connectivity index (χ0) is 19.9. The van der Waals surface area contributed by atoms with E-state index in [-0.39, 0.29) is 12.0 Å². The Hall–Kier alpha value is -2.24. The van der Waals surface area contributed by atoms with Crippen LogP contribution in [0.1, 0.15) is 44.1 Å². The second kappa shape index (κ2) is 9.80. The molecule has 1 saturated heterocycles. The van der Waals surface area contributed by atoms with Gasteiger partial charge in [0.2, 0.25) is 5.91 Å². The van der Waals surface area contributed by atoms with E-state index in [1.807, 2.05) is 14.1 Å². The van der Waals surface area contributed by atoms with E-state index in [2.05, 4.69) is 49.7 Å². The van der Waals surface area contributed by atoms with Gasteiger partial charge in [-0.3, -0.25) is 9.79 Å². The van der Waals surface area contributed by atoms with Crippen molar-refractivity contribution in [3.05, 3.63) is 29.8 Å². The number of carbonyl (C=O) groups is 1. The Labute approximate surface area is 169 Å². The Morgan fingerprint density at radius 1 is 1.21 bits per heavy atom. The number of rotatable bonds is 5. The van der Waals surface area contributed by atoms with Crippen LogP contribution in [0.3, 0.4) is 0 Å². The van der Waals surface area contributed by atoms with Gasteiger partial charge in [0.25, 0.3) is 0 Å². The highest BCUT2D eigenvalue weighted by Crippen LogP contribution is 2.26. The quantitative estimate of drug-likeness (QED) is 0.604. The van der Waals surface area contributed by atoms with E-state index >= 15 is 0 Å². The molecule has 1 saturated carbocycles. The molecule has 1 aliphatic heterocycles. The number of benzene rings is 1. The predicted octanol–water partition coefficient (Wildman–Crippen LogP) is 2.60. The molecule has 1 atom stereocenters. The molecule has 1 amide bonds. The summed E-state index contributed by atoms with van der Waals surface area (Å²) >= 11 is 0. The van der Waals surface area contributed by atoms with Gasteiger partial charge in [0.15, 0.2) is 5.96 Å².